The van der Waals surface area contributed by atoms with Gasteiger partial charge in [-0.25, -0.2) is 9.07 Å². The van der Waals surface area contributed by atoms with Crippen molar-refractivity contribution in [1.29, 1.82) is 0 Å². The monoisotopic (exact) mass is 329 g/mol. The molecule has 0 aliphatic rings. The van der Waals surface area contributed by atoms with Crippen LogP contribution < -0.4 is 5.32 Å². The van der Waals surface area contributed by atoms with Crippen molar-refractivity contribution in [3.8, 4) is 5.69 Å². The molecule has 1 amide bonds. The summed E-state index contributed by atoms with van der Waals surface area (Å²) in [7, 11) is 0. The second kappa shape index (κ2) is 6.67. The first-order chi connectivity index (χ1) is 11.6. The number of hydrogen-bond donors (Lipinski definition) is 2. The lowest BCUT2D eigenvalue weighted by Gasteiger charge is -2.09. The molecule has 0 radical (unpaired) electrons. The summed E-state index contributed by atoms with van der Waals surface area (Å²) < 4.78 is 19.6. The summed E-state index contributed by atoms with van der Waals surface area (Å²) in [5, 5.41) is 16.7. The number of aromatic nitrogens is 2. The van der Waals surface area contributed by atoms with Crippen LogP contribution in [0.5, 0.6) is 0 Å². The molecule has 2 heterocycles. The molecule has 24 heavy (non-hydrogen) atoms. The Morgan fingerprint density at radius 3 is 2.79 bits per heavy atom. The number of carbonyl (C=O) groups is 1. The number of carbonyl (C=O) groups excluding carboxylic acids is 1. The normalized spacial score (nSPS) is 12.1. The van der Waals surface area contributed by atoms with Crippen LogP contribution in [0.3, 0.4) is 0 Å². The van der Waals surface area contributed by atoms with E-state index in [1.807, 2.05) is 0 Å². The molecule has 0 saturated heterocycles. The molecular weight excluding hydrogens is 313 g/mol. The number of aliphatic hydroxyl groups is 1. The van der Waals surface area contributed by atoms with Gasteiger partial charge >= 0.3 is 0 Å². The van der Waals surface area contributed by atoms with Gasteiger partial charge in [-0.15, -0.1) is 0 Å². The van der Waals surface area contributed by atoms with Gasteiger partial charge in [-0.2, -0.15) is 5.10 Å². The van der Waals surface area contributed by atoms with E-state index in [2.05, 4.69) is 10.4 Å². The van der Waals surface area contributed by atoms with Crippen molar-refractivity contribution in [2.45, 2.75) is 13.0 Å². The molecule has 6 nitrogen and oxygen atoms in total. The SMILES string of the molecule is Cc1c(C(=O)NCC(O)c2ccco2)cnn1-c1ccc(F)cc1. The van der Waals surface area contributed by atoms with Crippen molar-refractivity contribution in [3.63, 3.8) is 0 Å². The van der Waals surface area contributed by atoms with E-state index >= 15 is 0 Å². The number of amides is 1. The lowest BCUT2D eigenvalue weighted by atomic mass is 10.2. The maximum atomic E-state index is 13.0. The van der Waals surface area contributed by atoms with Crippen molar-refractivity contribution in [2.75, 3.05) is 6.54 Å². The first-order valence-corrected chi connectivity index (χ1v) is 7.36. The van der Waals surface area contributed by atoms with E-state index in [9.17, 15) is 14.3 Å². The van der Waals surface area contributed by atoms with Crippen LogP contribution in [0.25, 0.3) is 5.69 Å². The molecule has 2 N–H and O–H groups in total. The van der Waals surface area contributed by atoms with Crippen molar-refractivity contribution in [2.24, 2.45) is 0 Å². The fourth-order valence-corrected chi connectivity index (χ4v) is 2.34. The standard InChI is InChI=1S/C17H16FN3O3/c1-11-14(9-20-21(11)13-6-4-12(18)5-7-13)17(23)19-10-15(22)16-3-2-8-24-16/h2-9,15,22H,10H2,1H3,(H,19,23). The van der Waals surface area contributed by atoms with Crippen molar-refractivity contribution in [3.05, 3.63) is 71.7 Å². The van der Waals surface area contributed by atoms with E-state index in [1.165, 1.54) is 24.6 Å². The Kier molecular flexibility index (Phi) is 4.43. The van der Waals surface area contributed by atoms with Crippen LogP contribution in [0.2, 0.25) is 0 Å². The van der Waals surface area contributed by atoms with Gasteiger partial charge in [0.05, 0.1) is 35.9 Å². The molecule has 0 aliphatic heterocycles. The third-order valence-corrected chi connectivity index (χ3v) is 3.65. The van der Waals surface area contributed by atoms with Crippen LogP contribution in [0, 0.1) is 12.7 Å². The smallest absolute Gasteiger partial charge is 0.254 e. The number of aliphatic hydroxyl groups excluding tert-OH is 1. The predicted octanol–water partition coefficient (Wildman–Crippen LogP) is 2.38. The van der Waals surface area contributed by atoms with Gasteiger partial charge < -0.3 is 14.8 Å². The summed E-state index contributed by atoms with van der Waals surface area (Å²) in [5.41, 5.74) is 1.65. The van der Waals surface area contributed by atoms with Crippen LogP contribution in [0.15, 0.2) is 53.3 Å². The Bertz CT molecular complexity index is 825. The molecule has 0 aliphatic carbocycles. The predicted molar refractivity (Wildman–Crippen MR) is 84.3 cm³/mol. The summed E-state index contributed by atoms with van der Waals surface area (Å²) in [6, 6.07) is 9.12. The van der Waals surface area contributed by atoms with Crippen molar-refractivity contribution < 1.29 is 18.7 Å². The zero-order valence-corrected chi connectivity index (χ0v) is 12.9. The molecule has 1 atom stereocenters. The van der Waals surface area contributed by atoms with E-state index in [1.54, 1.807) is 35.9 Å². The Hall–Kier alpha value is -2.93. The molecule has 2 aromatic heterocycles. The Labute approximate surface area is 137 Å². The van der Waals surface area contributed by atoms with Crippen LogP contribution in [0.4, 0.5) is 4.39 Å². The quantitative estimate of drug-likeness (QED) is 0.753. The number of hydrogen-bond acceptors (Lipinski definition) is 4. The molecular formula is C17H16FN3O3. The molecule has 7 heteroatoms. The zero-order chi connectivity index (χ0) is 17.1. The molecule has 3 aromatic rings. The first-order valence-electron chi connectivity index (χ1n) is 7.36. The molecule has 0 spiro atoms. The second-order valence-corrected chi connectivity index (χ2v) is 5.27. The lowest BCUT2D eigenvalue weighted by Crippen LogP contribution is -2.28. The highest BCUT2D eigenvalue weighted by Crippen LogP contribution is 2.16. The summed E-state index contributed by atoms with van der Waals surface area (Å²) in [6.07, 6.45) is 1.97. The van der Waals surface area contributed by atoms with E-state index in [0.717, 1.165) is 0 Å². The third-order valence-electron chi connectivity index (χ3n) is 3.65. The fraction of sp³-hybridized carbons (Fsp3) is 0.176. The molecule has 3 rings (SSSR count). The number of nitrogens with one attached hydrogen (secondary N) is 1. The fourth-order valence-electron chi connectivity index (χ4n) is 2.34. The minimum Gasteiger partial charge on any atom is -0.467 e. The number of benzene rings is 1. The van der Waals surface area contributed by atoms with Crippen LogP contribution in [0.1, 0.15) is 27.9 Å². The number of rotatable bonds is 5. The Balaban J connectivity index is 1.71. The van der Waals surface area contributed by atoms with Crippen molar-refractivity contribution in [1.82, 2.24) is 15.1 Å². The lowest BCUT2D eigenvalue weighted by molar-refractivity contribution is 0.0900. The van der Waals surface area contributed by atoms with Crippen LogP contribution in [-0.2, 0) is 0 Å². The maximum absolute atomic E-state index is 13.0. The van der Waals surface area contributed by atoms with Gasteiger partial charge in [0.15, 0.2) is 0 Å². The zero-order valence-electron chi connectivity index (χ0n) is 12.9. The largest absolute Gasteiger partial charge is 0.467 e. The number of furan rings is 1. The highest BCUT2D eigenvalue weighted by Gasteiger charge is 2.17. The average molecular weight is 329 g/mol. The van der Waals surface area contributed by atoms with Gasteiger partial charge in [-0.05, 0) is 43.3 Å². The molecule has 124 valence electrons. The van der Waals surface area contributed by atoms with Gasteiger partial charge in [-0.3, -0.25) is 4.79 Å². The van der Waals surface area contributed by atoms with Crippen LogP contribution >= 0.6 is 0 Å². The molecule has 1 aromatic carbocycles. The summed E-state index contributed by atoms with van der Waals surface area (Å²) in [6.45, 7) is 1.77. The van der Waals surface area contributed by atoms with E-state index in [-0.39, 0.29) is 18.3 Å². The first kappa shape index (κ1) is 15.9. The molecule has 0 saturated carbocycles. The molecule has 0 fully saturated rings. The molecule has 1 unspecified atom stereocenters. The maximum Gasteiger partial charge on any atom is 0.254 e. The van der Waals surface area contributed by atoms with Crippen LogP contribution in [-0.4, -0.2) is 27.3 Å². The van der Waals surface area contributed by atoms with Gasteiger partial charge in [0.25, 0.3) is 5.91 Å². The van der Waals surface area contributed by atoms with Gasteiger partial charge in [0.2, 0.25) is 0 Å². The topological polar surface area (TPSA) is 80.3 Å². The van der Waals surface area contributed by atoms with Gasteiger partial charge in [-0.1, -0.05) is 0 Å². The highest BCUT2D eigenvalue weighted by molar-refractivity contribution is 5.95. The van der Waals surface area contributed by atoms with E-state index in [0.29, 0.717) is 22.7 Å². The minimum atomic E-state index is -0.920. The number of nitrogens with zero attached hydrogens (tertiary/aromatic N) is 2. The van der Waals surface area contributed by atoms with Gasteiger partial charge in [0, 0.05) is 0 Å². The second-order valence-electron chi connectivity index (χ2n) is 5.27. The molecule has 0 bridgehead atoms. The Morgan fingerprint density at radius 2 is 2.12 bits per heavy atom. The van der Waals surface area contributed by atoms with E-state index in [4.69, 9.17) is 4.42 Å². The number of halogens is 1. The average Bonchev–Trinajstić information content (AvgIpc) is 3.23. The van der Waals surface area contributed by atoms with E-state index < -0.39 is 6.10 Å². The third kappa shape index (κ3) is 3.21. The summed E-state index contributed by atoms with van der Waals surface area (Å²) >= 11 is 0. The minimum absolute atomic E-state index is 0.0213. The summed E-state index contributed by atoms with van der Waals surface area (Å²) in [4.78, 5) is 12.3. The highest BCUT2D eigenvalue weighted by atomic mass is 19.1. The van der Waals surface area contributed by atoms with Crippen molar-refractivity contribution >= 4 is 5.91 Å². The Morgan fingerprint density at radius 1 is 1.38 bits per heavy atom. The van der Waals surface area contributed by atoms with Gasteiger partial charge in [0.1, 0.15) is 17.7 Å². The summed E-state index contributed by atoms with van der Waals surface area (Å²) in [5.74, 6) is -0.311.